The molecular weight excluding hydrogens is 214 g/mol. The molecule has 0 radical (unpaired) electrons. The van der Waals surface area contributed by atoms with Crippen molar-refractivity contribution in [3.63, 3.8) is 0 Å². The summed E-state index contributed by atoms with van der Waals surface area (Å²) in [5.74, 6) is -1.31. The Balaban J connectivity index is 2.30. The maximum absolute atomic E-state index is 13.4. The number of aromatic nitrogens is 2. The maximum Gasteiger partial charge on any atom is 0.163 e. The lowest BCUT2D eigenvalue weighted by Crippen LogP contribution is -2.06. The van der Waals surface area contributed by atoms with Gasteiger partial charge in [-0.3, -0.25) is 0 Å². The molecule has 0 aliphatic carbocycles. The van der Waals surface area contributed by atoms with E-state index in [0.29, 0.717) is 5.82 Å². The number of aliphatic hydroxyl groups is 1. The number of rotatable bonds is 3. The zero-order valence-electron chi connectivity index (χ0n) is 8.40. The lowest BCUT2D eigenvalue weighted by molar-refractivity contribution is 0.266. The highest BCUT2D eigenvalue weighted by Gasteiger charge is 2.09. The summed E-state index contributed by atoms with van der Waals surface area (Å²) in [5.41, 5.74) is 0.229. The van der Waals surface area contributed by atoms with Crippen LogP contribution in [0.25, 0.3) is 0 Å². The summed E-state index contributed by atoms with van der Waals surface area (Å²) in [5, 5.41) is 8.96. The highest BCUT2D eigenvalue weighted by atomic mass is 19.2. The molecule has 1 N–H and O–H groups in total. The largest absolute Gasteiger partial charge is 0.388 e. The molecule has 16 heavy (non-hydrogen) atoms. The number of hydrogen-bond donors (Lipinski definition) is 1. The van der Waals surface area contributed by atoms with Gasteiger partial charge in [0.25, 0.3) is 0 Å². The van der Waals surface area contributed by atoms with Gasteiger partial charge >= 0.3 is 0 Å². The van der Waals surface area contributed by atoms with E-state index in [9.17, 15) is 8.78 Å². The number of hydrogen-bond acceptors (Lipinski definition) is 2. The Labute approximate surface area is 91.0 Å². The first-order valence-electron chi connectivity index (χ1n) is 4.76. The summed E-state index contributed by atoms with van der Waals surface area (Å²) in [4.78, 5) is 3.88. The van der Waals surface area contributed by atoms with Crippen molar-refractivity contribution in [1.29, 1.82) is 0 Å². The molecule has 3 nitrogen and oxygen atoms in total. The quantitative estimate of drug-likeness (QED) is 0.861. The third-order valence-electron chi connectivity index (χ3n) is 2.32. The Morgan fingerprint density at radius 3 is 2.88 bits per heavy atom. The van der Waals surface area contributed by atoms with E-state index in [1.54, 1.807) is 10.8 Å². The molecule has 0 spiro atoms. The molecule has 0 amide bonds. The molecule has 0 saturated heterocycles. The van der Waals surface area contributed by atoms with Crippen LogP contribution in [-0.4, -0.2) is 14.7 Å². The highest BCUT2D eigenvalue weighted by molar-refractivity contribution is 5.19. The molecule has 0 unspecified atom stereocenters. The molecule has 84 valence electrons. The van der Waals surface area contributed by atoms with Crippen LogP contribution in [0, 0.1) is 11.6 Å². The van der Waals surface area contributed by atoms with Gasteiger partial charge in [0, 0.05) is 18.0 Å². The fourth-order valence-corrected chi connectivity index (χ4v) is 1.49. The smallest absolute Gasteiger partial charge is 0.163 e. The second-order valence-corrected chi connectivity index (χ2v) is 3.34. The minimum Gasteiger partial charge on any atom is -0.388 e. The first-order valence-corrected chi connectivity index (χ1v) is 4.76. The van der Waals surface area contributed by atoms with Gasteiger partial charge in [-0.15, -0.1) is 0 Å². The zero-order chi connectivity index (χ0) is 11.5. The van der Waals surface area contributed by atoms with Crippen molar-refractivity contribution in [3.05, 3.63) is 53.6 Å². The first-order chi connectivity index (χ1) is 7.72. The third-order valence-corrected chi connectivity index (χ3v) is 2.32. The van der Waals surface area contributed by atoms with Crippen LogP contribution in [0.1, 0.15) is 11.4 Å². The van der Waals surface area contributed by atoms with Crippen molar-refractivity contribution in [2.75, 3.05) is 0 Å². The van der Waals surface area contributed by atoms with E-state index in [1.165, 1.54) is 18.3 Å². The average molecular weight is 224 g/mol. The minimum atomic E-state index is -0.872. The zero-order valence-corrected chi connectivity index (χ0v) is 8.40. The fraction of sp³-hybridized carbons (Fsp3) is 0.182. The van der Waals surface area contributed by atoms with Crippen LogP contribution in [0.2, 0.25) is 0 Å². The number of benzene rings is 1. The van der Waals surface area contributed by atoms with Crippen molar-refractivity contribution in [3.8, 4) is 0 Å². The standard InChI is InChI=1S/C11H10F2N2O/c12-9-3-1-2-8(11(9)13)6-15-5-4-14-10(15)7-16/h1-5,16H,6-7H2. The molecule has 1 aromatic carbocycles. The SMILES string of the molecule is OCc1nccn1Cc1cccc(F)c1F. The van der Waals surface area contributed by atoms with Gasteiger partial charge in [0.05, 0.1) is 6.54 Å². The van der Waals surface area contributed by atoms with E-state index < -0.39 is 11.6 Å². The van der Waals surface area contributed by atoms with Crippen molar-refractivity contribution < 1.29 is 13.9 Å². The number of nitrogens with zero attached hydrogens (tertiary/aromatic N) is 2. The average Bonchev–Trinajstić information content (AvgIpc) is 2.72. The molecule has 1 aromatic heterocycles. The van der Waals surface area contributed by atoms with E-state index >= 15 is 0 Å². The maximum atomic E-state index is 13.4. The Morgan fingerprint density at radius 1 is 1.31 bits per heavy atom. The van der Waals surface area contributed by atoms with E-state index in [1.807, 2.05) is 0 Å². The predicted molar refractivity (Wildman–Crippen MR) is 53.6 cm³/mol. The van der Waals surface area contributed by atoms with Crippen LogP contribution in [-0.2, 0) is 13.2 Å². The van der Waals surface area contributed by atoms with Gasteiger partial charge < -0.3 is 9.67 Å². The highest BCUT2D eigenvalue weighted by Crippen LogP contribution is 2.13. The van der Waals surface area contributed by atoms with Gasteiger partial charge in [-0.1, -0.05) is 12.1 Å². The third kappa shape index (κ3) is 1.94. The predicted octanol–water partition coefficient (Wildman–Crippen LogP) is 1.70. The summed E-state index contributed by atoms with van der Waals surface area (Å²) >= 11 is 0. The Hall–Kier alpha value is -1.75. The second-order valence-electron chi connectivity index (χ2n) is 3.34. The number of imidazole rings is 1. The normalized spacial score (nSPS) is 10.7. The summed E-state index contributed by atoms with van der Waals surface area (Å²) < 4.78 is 27.9. The molecular formula is C11H10F2N2O. The lowest BCUT2D eigenvalue weighted by Gasteiger charge is -2.07. The van der Waals surface area contributed by atoms with Crippen molar-refractivity contribution in [1.82, 2.24) is 9.55 Å². The molecule has 1 heterocycles. The summed E-state index contributed by atoms with van der Waals surface area (Å²) in [6, 6.07) is 4.02. The molecule has 0 fully saturated rings. The summed E-state index contributed by atoms with van der Waals surface area (Å²) in [6.07, 6.45) is 3.11. The molecule has 0 aliphatic rings. The Kier molecular flexibility index (Phi) is 2.96. The van der Waals surface area contributed by atoms with Crippen LogP contribution >= 0.6 is 0 Å². The lowest BCUT2D eigenvalue weighted by atomic mass is 10.2. The minimum absolute atomic E-state index is 0.152. The summed E-state index contributed by atoms with van der Waals surface area (Å²) in [7, 11) is 0. The molecule has 2 aromatic rings. The number of aliphatic hydroxyl groups excluding tert-OH is 1. The van der Waals surface area contributed by atoms with Crippen molar-refractivity contribution in [2.45, 2.75) is 13.2 Å². The van der Waals surface area contributed by atoms with Gasteiger partial charge in [0.2, 0.25) is 0 Å². The van der Waals surface area contributed by atoms with Crippen molar-refractivity contribution in [2.24, 2.45) is 0 Å². The Morgan fingerprint density at radius 2 is 2.12 bits per heavy atom. The topological polar surface area (TPSA) is 38.1 Å². The Bertz CT molecular complexity index is 496. The van der Waals surface area contributed by atoms with Crippen LogP contribution < -0.4 is 0 Å². The molecule has 0 aliphatic heterocycles. The molecule has 0 atom stereocenters. The van der Waals surface area contributed by atoms with Gasteiger partial charge in [0.15, 0.2) is 11.6 Å². The molecule has 2 rings (SSSR count). The van der Waals surface area contributed by atoms with Crippen LogP contribution in [0.3, 0.4) is 0 Å². The molecule has 0 bridgehead atoms. The van der Waals surface area contributed by atoms with Gasteiger partial charge in [-0.25, -0.2) is 13.8 Å². The molecule has 0 saturated carbocycles. The van der Waals surface area contributed by atoms with Crippen LogP contribution in [0.15, 0.2) is 30.6 Å². The second kappa shape index (κ2) is 4.40. The van der Waals surface area contributed by atoms with Crippen LogP contribution in [0.4, 0.5) is 8.78 Å². The van der Waals surface area contributed by atoms with E-state index in [-0.39, 0.29) is 18.7 Å². The van der Waals surface area contributed by atoms with Crippen molar-refractivity contribution >= 4 is 0 Å². The van der Waals surface area contributed by atoms with Gasteiger partial charge in [-0.05, 0) is 6.07 Å². The number of halogens is 2. The first kappa shape index (κ1) is 10.8. The van der Waals surface area contributed by atoms with E-state index in [4.69, 9.17) is 5.11 Å². The van der Waals surface area contributed by atoms with Crippen LogP contribution in [0.5, 0.6) is 0 Å². The van der Waals surface area contributed by atoms with Gasteiger partial charge in [-0.2, -0.15) is 0 Å². The van der Waals surface area contributed by atoms with E-state index in [0.717, 1.165) is 6.07 Å². The summed E-state index contributed by atoms with van der Waals surface area (Å²) in [6.45, 7) is -0.0799. The van der Waals surface area contributed by atoms with Gasteiger partial charge in [0.1, 0.15) is 12.4 Å². The monoisotopic (exact) mass is 224 g/mol. The molecule has 5 heteroatoms. The van der Waals surface area contributed by atoms with E-state index in [2.05, 4.69) is 4.98 Å². The fourth-order valence-electron chi connectivity index (χ4n) is 1.49.